The molecule has 30 heavy (non-hydrogen) atoms. The second-order valence-corrected chi connectivity index (χ2v) is 12.1. The van der Waals surface area contributed by atoms with Gasteiger partial charge in [-0.3, -0.25) is 0 Å². The smallest absolute Gasteiger partial charge is 0.404 e. The highest BCUT2D eigenvalue weighted by Gasteiger charge is 2.54. The van der Waals surface area contributed by atoms with Crippen LogP contribution in [-0.4, -0.2) is 11.5 Å². The molecule has 3 heteroatoms. The summed E-state index contributed by atoms with van der Waals surface area (Å²) >= 11 is 5.50. The minimum Gasteiger partial charge on any atom is -0.450 e. The Balaban J connectivity index is 1.42. The van der Waals surface area contributed by atoms with Crippen LogP contribution in [0.2, 0.25) is 0 Å². The summed E-state index contributed by atoms with van der Waals surface area (Å²) in [5, 5.41) is 0. The van der Waals surface area contributed by atoms with Crippen LogP contribution in [0.4, 0.5) is 4.79 Å². The van der Waals surface area contributed by atoms with E-state index >= 15 is 0 Å². The number of halogens is 1. The van der Waals surface area contributed by atoms with Gasteiger partial charge in [-0.25, -0.2) is 4.79 Å². The summed E-state index contributed by atoms with van der Waals surface area (Å²) in [4.78, 5) is 11.2. The Morgan fingerprint density at radius 2 is 1.87 bits per heavy atom. The highest BCUT2D eigenvalue weighted by molar-refractivity contribution is 6.61. The van der Waals surface area contributed by atoms with Gasteiger partial charge < -0.3 is 4.74 Å². The van der Waals surface area contributed by atoms with Crippen molar-refractivity contribution in [2.45, 2.75) is 104 Å². The Bertz CT molecular complexity index is 655. The third-order valence-corrected chi connectivity index (χ3v) is 9.95. The van der Waals surface area contributed by atoms with Gasteiger partial charge in [-0.05, 0) is 91.8 Å². The minimum atomic E-state index is -0.641. The van der Waals surface area contributed by atoms with Crippen molar-refractivity contribution >= 4 is 17.0 Å². The first-order valence-corrected chi connectivity index (χ1v) is 13.2. The predicted octanol–water partition coefficient (Wildman–Crippen LogP) is 8.38. The predicted molar refractivity (Wildman–Crippen MR) is 125 cm³/mol. The summed E-state index contributed by atoms with van der Waals surface area (Å²) in [6.07, 6.45) is 16.9. The summed E-state index contributed by atoms with van der Waals surface area (Å²) in [6.45, 7) is 9.79. The standard InChI is InChI=1S/C27H43ClO2/c1-17(2)6-5-7-18(3)21-10-11-23-22(21)12-13-25-24(23)9-8-19-16-20(30-26(28)29)14-15-27(19,25)4/h8,17-18,20-25H,5-7,9-16H2,1-4H3. The second kappa shape index (κ2) is 9.16. The molecule has 0 saturated heterocycles. The van der Waals surface area contributed by atoms with E-state index in [0.29, 0.717) is 5.41 Å². The molecule has 0 heterocycles. The van der Waals surface area contributed by atoms with Crippen LogP contribution in [0.25, 0.3) is 0 Å². The van der Waals surface area contributed by atoms with Crippen LogP contribution in [0, 0.1) is 46.8 Å². The Morgan fingerprint density at radius 3 is 2.60 bits per heavy atom. The Kier molecular flexibility index (Phi) is 6.93. The van der Waals surface area contributed by atoms with Gasteiger partial charge in [0.15, 0.2) is 0 Å². The fourth-order valence-corrected chi connectivity index (χ4v) is 8.45. The third kappa shape index (κ3) is 4.37. The zero-order valence-electron chi connectivity index (χ0n) is 19.7. The molecule has 2 nitrogen and oxygen atoms in total. The molecule has 8 unspecified atom stereocenters. The van der Waals surface area contributed by atoms with Crippen LogP contribution in [0.5, 0.6) is 0 Å². The van der Waals surface area contributed by atoms with Gasteiger partial charge in [0, 0.05) is 18.0 Å². The number of carbonyl (C=O) groups excluding carboxylic acids is 1. The zero-order valence-corrected chi connectivity index (χ0v) is 20.4. The maximum absolute atomic E-state index is 11.2. The summed E-state index contributed by atoms with van der Waals surface area (Å²) in [5.74, 6) is 6.37. The number of carbonyl (C=O) groups is 1. The van der Waals surface area contributed by atoms with Gasteiger partial charge in [-0.15, -0.1) is 0 Å². The Hall–Kier alpha value is -0.500. The maximum atomic E-state index is 11.2. The average molecular weight is 435 g/mol. The van der Waals surface area contributed by atoms with Crippen LogP contribution in [0.15, 0.2) is 11.6 Å². The number of hydrogen-bond acceptors (Lipinski definition) is 2. The maximum Gasteiger partial charge on any atom is 0.404 e. The molecular formula is C27H43ClO2. The van der Waals surface area contributed by atoms with Crippen LogP contribution in [0.1, 0.15) is 98.3 Å². The van der Waals surface area contributed by atoms with Crippen LogP contribution in [-0.2, 0) is 4.74 Å². The highest BCUT2D eigenvalue weighted by Crippen LogP contribution is 2.63. The van der Waals surface area contributed by atoms with E-state index in [1.54, 1.807) is 5.57 Å². The summed E-state index contributed by atoms with van der Waals surface area (Å²) < 4.78 is 5.36. The molecule has 0 N–H and O–H groups in total. The molecule has 8 atom stereocenters. The van der Waals surface area contributed by atoms with E-state index in [2.05, 4.69) is 33.8 Å². The lowest BCUT2D eigenvalue weighted by Crippen LogP contribution is -2.48. The largest absolute Gasteiger partial charge is 0.450 e. The summed E-state index contributed by atoms with van der Waals surface area (Å²) in [5.41, 5.74) is 1.25. The van der Waals surface area contributed by atoms with Crippen molar-refractivity contribution < 1.29 is 9.53 Å². The van der Waals surface area contributed by atoms with E-state index in [9.17, 15) is 4.79 Å². The molecular weight excluding hydrogens is 392 g/mol. The van der Waals surface area contributed by atoms with Crippen molar-refractivity contribution in [3.63, 3.8) is 0 Å². The molecule has 0 aromatic rings. The van der Waals surface area contributed by atoms with Gasteiger partial charge in [0.1, 0.15) is 6.10 Å². The first kappa shape index (κ1) is 22.7. The van der Waals surface area contributed by atoms with Crippen molar-refractivity contribution in [1.29, 1.82) is 0 Å². The lowest BCUT2D eigenvalue weighted by Gasteiger charge is -2.55. The Labute approximate surface area is 189 Å². The van der Waals surface area contributed by atoms with Crippen molar-refractivity contribution in [3.05, 3.63) is 11.6 Å². The molecule has 3 fully saturated rings. The SMILES string of the molecule is CC(C)CCCC(C)C1CCC2C1CCC1C2CC=C2CC(OC(=O)Cl)CCC21C. The van der Waals surface area contributed by atoms with Crippen molar-refractivity contribution in [2.75, 3.05) is 0 Å². The number of rotatable bonds is 6. The highest BCUT2D eigenvalue weighted by atomic mass is 35.5. The number of ether oxygens (including phenoxy) is 1. The van der Waals surface area contributed by atoms with E-state index in [1.165, 1.54) is 51.4 Å². The summed E-state index contributed by atoms with van der Waals surface area (Å²) in [7, 11) is 0. The van der Waals surface area contributed by atoms with Gasteiger partial charge >= 0.3 is 5.43 Å². The zero-order chi connectivity index (χ0) is 21.5. The van der Waals surface area contributed by atoms with E-state index in [1.807, 2.05) is 0 Å². The molecule has 0 aromatic carbocycles. The average Bonchev–Trinajstić information content (AvgIpc) is 3.12. The van der Waals surface area contributed by atoms with Crippen LogP contribution >= 0.6 is 11.6 Å². The van der Waals surface area contributed by atoms with E-state index in [-0.39, 0.29) is 6.10 Å². The van der Waals surface area contributed by atoms with Crippen molar-refractivity contribution in [2.24, 2.45) is 46.8 Å². The van der Waals surface area contributed by atoms with Crippen LogP contribution < -0.4 is 0 Å². The van der Waals surface area contributed by atoms with E-state index in [0.717, 1.165) is 60.7 Å². The van der Waals surface area contributed by atoms with E-state index < -0.39 is 5.43 Å². The molecule has 4 aliphatic carbocycles. The third-order valence-electron chi connectivity index (χ3n) is 9.86. The van der Waals surface area contributed by atoms with Crippen LogP contribution in [0.3, 0.4) is 0 Å². The first-order chi connectivity index (χ1) is 14.3. The molecule has 0 aliphatic heterocycles. The molecule has 0 bridgehead atoms. The topological polar surface area (TPSA) is 26.3 Å². The fraction of sp³-hybridized carbons (Fsp3) is 0.889. The van der Waals surface area contributed by atoms with E-state index in [4.69, 9.17) is 16.3 Å². The Morgan fingerprint density at radius 1 is 1.10 bits per heavy atom. The normalized spacial score (nSPS) is 41.5. The molecule has 0 aromatic heterocycles. The lowest BCUT2D eigenvalue weighted by atomic mass is 9.50. The molecule has 3 saturated carbocycles. The number of fused-ring (bicyclic) bond motifs is 5. The molecule has 4 aliphatic rings. The molecule has 0 radical (unpaired) electrons. The van der Waals surface area contributed by atoms with Gasteiger partial charge in [0.25, 0.3) is 0 Å². The molecule has 0 spiro atoms. The molecule has 4 rings (SSSR count). The van der Waals surface area contributed by atoms with Gasteiger partial charge in [0.05, 0.1) is 0 Å². The minimum absolute atomic E-state index is 0.00948. The summed E-state index contributed by atoms with van der Waals surface area (Å²) in [6, 6.07) is 0. The molecule has 0 amide bonds. The monoisotopic (exact) mass is 434 g/mol. The number of allylic oxidation sites excluding steroid dienone is 1. The van der Waals surface area contributed by atoms with Crippen molar-refractivity contribution in [3.8, 4) is 0 Å². The van der Waals surface area contributed by atoms with Gasteiger partial charge in [-0.2, -0.15) is 0 Å². The lowest BCUT2D eigenvalue weighted by molar-refractivity contribution is -0.0160. The molecule has 170 valence electrons. The fourth-order valence-electron chi connectivity index (χ4n) is 8.33. The first-order valence-electron chi connectivity index (χ1n) is 12.8. The van der Waals surface area contributed by atoms with Gasteiger partial charge in [-0.1, -0.05) is 58.6 Å². The number of hydrogen-bond donors (Lipinski definition) is 0. The second-order valence-electron chi connectivity index (χ2n) is 11.8. The quantitative estimate of drug-likeness (QED) is 0.310. The van der Waals surface area contributed by atoms with Crippen molar-refractivity contribution in [1.82, 2.24) is 0 Å². The van der Waals surface area contributed by atoms with Gasteiger partial charge in [0.2, 0.25) is 0 Å².